The van der Waals surface area contributed by atoms with Crippen molar-refractivity contribution < 1.29 is 4.79 Å². The Labute approximate surface area is 133 Å². The van der Waals surface area contributed by atoms with Crippen LogP contribution in [0.2, 0.25) is 5.15 Å². The Morgan fingerprint density at radius 2 is 1.68 bits per heavy atom. The second-order valence-corrected chi connectivity index (χ2v) is 5.40. The summed E-state index contributed by atoms with van der Waals surface area (Å²) in [6.45, 7) is 2.00. The van der Waals surface area contributed by atoms with E-state index in [-0.39, 0.29) is 17.5 Å². The maximum absolute atomic E-state index is 12.1. The van der Waals surface area contributed by atoms with Gasteiger partial charge in [-0.15, -0.1) is 0 Å². The van der Waals surface area contributed by atoms with Crippen molar-refractivity contribution in [2.75, 3.05) is 5.32 Å². The van der Waals surface area contributed by atoms with Crippen LogP contribution in [-0.4, -0.2) is 15.9 Å². The number of aryl methyl sites for hydroxylation is 1. The standard InChI is InChI=1S/C17H14ClN3O/c1-11-6-8-12(9-7-11)19-16(22)10-15-17(18)21-14-5-3-2-4-13(14)20-15/h2-9H,10H2,1H3,(H,19,22). The molecule has 22 heavy (non-hydrogen) atoms. The lowest BCUT2D eigenvalue weighted by molar-refractivity contribution is -0.115. The van der Waals surface area contributed by atoms with Gasteiger partial charge >= 0.3 is 0 Å². The average Bonchev–Trinajstić information content (AvgIpc) is 2.50. The van der Waals surface area contributed by atoms with Gasteiger partial charge in [-0.25, -0.2) is 9.97 Å². The van der Waals surface area contributed by atoms with Gasteiger partial charge in [0.25, 0.3) is 0 Å². The fraction of sp³-hybridized carbons (Fsp3) is 0.118. The number of aromatic nitrogens is 2. The zero-order valence-electron chi connectivity index (χ0n) is 12.0. The summed E-state index contributed by atoms with van der Waals surface area (Å²) < 4.78 is 0. The van der Waals surface area contributed by atoms with E-state index >= 15 is 0 Å². The number of halogens is 1. The number of hydrogen-bond acceptors (Lipinski definition) is 3. The maximum atomic E-state index is 12.1. The van der Waals surface area contributed by atoms with Crippen LogP contribution in [-0.2, 0) is 11.2 Å². The molecule has 0 spiro atoms. The number of benzene rings is 2. The molecule has 0 aliphatic carbocycles. The van der Waals surface area contributed by atoms with Crippen molar-refractivity contribution in [1.82, 2.24) is 9.97 Å². The maximum Gasteiger partial charge on any atom is 0.230 e. The van der Waals surface area contributed by atoms with Gasteiger partial charge in [-0.2, -0.15) is 0 Å². The first-order chi connectivity index (χ1) is 10.6. The molecule has 4 nitrogen and oxygen atoms in total. The van der Waals surface area contributed by atoms with Crippen LogP contribution in [0.1, 0.15) is 11.3 Å². The normalized spacial score (nSPS) is 10.6. The van der Waals surface area contributed by atoms with Gasteiger partial charge in [0.1, 0.15) is 0 Å². The Balaban J connectivity index is 1.78. The van der Waals surface area contributed by atoms with E-state index in [1.807, 2.05) is 55.5 Å². The number of para-hydroxylation sites is 2. The first kappa shape index (κ1) is 14.5. The molecule has 0 saturated heterocycles. The van der Waals surface area contributed by atoms with Gasteiger partial charge in [0.15, 0.2) is 5.15 Å². The van der Waals surface area contributed by atoms with Crippen molar-refractivity contribution in [3.05, 3.63) is 64.9 Å². The van der Waals surface area contributed by atoms with E-state index in [0.29, 0.717) is 5.69 Å². The molecular weight excluding hydrogens is 298 g/mol. The third-order valence-electron chi connectivity index (χ3n) is 3.26. The van der Waals surface area contributed by atoms with Gasteiger partial charge in [-0.05, 0) is 31.2 Å². The van der Waals surface area contributed by atoms with Crippen molar-refractivity contribution in [1.29, 1.82) is 0 Å². The lowest BCUT2D eigenvalue weighted by atomic mass is 10.2. The van der Waals surface area contributed by atoms with Crippen LogP contribution in [0, 0.1) is 6.92 Å². The highest BCUT2D eigenvalue weighted by molar-refractivity contribution is 6.30. The zero-order chi connectivity index (χ0) is 15.5. The molecule has 2 aromatic carbocycles. The number of nitrogens with zero attached hydrogens (tertiary/aromatic N) is 2. The third kappa shape index (κ3) is 3.23. The summed E-state index contributed by atoms with van der Waals surface area (Å²) in [5.41, 5.74) is 3.81. The molecule has 0 aliphatic rings. The molecule has 1 N–H and O–H groups in total. The van der Waals surface area contributed by atoms with Gasteiger partial charge in [-0.1, -0.05) is 41.4 Å². The number of anilines is 1. The molecule has 3 rings (SSSR count). The van der Waals surface area contributed by atoms with E-state index in [1.165, 1.54) is 0 Å². The third-order valence-corrected chi connectivity index (χ3v) is 3.56. The molecule has 0 bridgehead atoms. The van der Waals surface area contributed by atoms with Gasteiger partial charge in [0, 0.05) is 5.69 Å². The molecule has 0 radical (unpaired) electrons. The number of nitrogens with one attached hydrogen (secondary N) is 1. The van der Waals surface area contributed by atoms with E-state index in [2.05, 4.69) is 15.3 Å². The quantitative estimate of drug-likeness (QED) is 0.801. The highest BCUT2D eigenvalue weighted by Gasteiger charge is 2.11. The number of fused-ring (bicyclic) bond motifs is 1. The van der Waals surface area contributed by atoms with Gasteiger partial charge in [-0.3, -0.25) is 4.79 Å². The van der Waals surface area contributed by atoms with Crippen LogP contribution < -0.4 is 5.32 Å². The number of hydrogen-bond donors (Lipinski definition) is 1. The first-order valence-electron chi connectivity index (χ1n) is 6.89. The predicted octanol–water partition coefficient (Wildman–Crippen LogP) is 3.77. The summed E-state index contributed by atoms with van der Waals surface area (Å²) in [6, 6.07) is 15.0. The number of amides is 1. The minimum Gasteiger partial charge on any atom is -0.326 e. The van der Waals surface area contributed by atoms with Crippen LogP contribution in [0.15, 0.2) is 48.5 Å². The van der Waals surface area contributed by atoms with E-state index in [0.717, 1.165) is 22.3 Å². The molecule has 5 heteroatoms. The van der Waals surface area contributed by atoms with E-state index in [1.54, 1.807) is 0 Å². The summed E-state index contributed by atoms with van der Waals surface area (Å²) in [5.74, 6) is -0.171. The topological polar surface area (TPSA) is 54.9 Å². The molecule has 110 valence electrons. The summed E-state index contributed by atoms with van der Waals surface area (Å²) in [7, 11) is 0. The van der Waals surface area contributed by atoms with Crippen LogP contribution in [0.3, 0.4) is 0 Å². The summed E-state index contributed by atoms with van der Waals surface area (Å²) >= 11 is 6.12. The number of carbonyl (C=O) groups is 1. The fourth-order valence-electron chi connectivity index (χ4n) is 2.12. The molecule has 1 aromatic heterocycles. The van der Waals surface area contributed by atoms with E-state index in [4.69, 9.17) is 11.6 Å². The minimum atomic E-state index is -0.171. The number of rotatable bonds is 3. The largest absolute Gasteiger partial charge is 0.326 e. The zero-order valence-corrected chi connectivity index (χ0v) is 12.8. The van der Waals surface area contributed by atoms with Gasteiger partial charge in [0.2, 0.25) is 5.91 Å². The molecule has 0 unspecified atom stereocenters. The Morgan fingerprint density at radius 3 is 2.36 bits per heavy atom. The summed E-state index contributed by atoms with van der Waals surface area (Å²) in [4.78, 5) is 20.8. The van der Waals surface area contributed by atoms with Crippen molar-refractivity contribution in [3.8, 4) is 0 Å². The minimum absolute atomic E-state index is 0.0878. The predicted molar refractivity (Wildman–Crippen MR) is 88.1 cm³/mol. The smallest absolute Gasteiger partial charge is 0.230 e. The van der Waals surface area contributed by atoms with Crippen LogP contribution in [0.4, 0.5) is 5.69 Å². The molecule has 1 amide bonds. The molecular formula is C17H14ClN3O. The first-order valence-corrected chi connectivity index (χ1v) is 7.27. The van der Waals surface area contributed by atoms with Crippen LogP contribution in [0.25, 0.3) is 11.0 Å². The molecule has 0 aliphatic heterocycles. The molecule has 0 saturated carbocycles. The number of carbonyl (C=O) groups excluding carboxylic acids is 1. The van der Waals surface area contributed by atoms with Crippen molar-refractivity contribution in [2.45, 2.75) is 13.3 Å². The average molecular weight is 312 g/mol. The molecule has 1 heterocycles. The van der Waals surface area contributed by atoms with Gasteiger partial charge in [0.05, 0.1) is 23.1 Å². The van der Waals surface area contributed by atoms with E-state index in [9.17, 15) is 4.79 Å². The van der Waals surface area contributed by atoms with Crippen molar-refractivity contribution in [3.63, 3.8) is 0 Å². The van der Waals surface area contributed by atoms with Gasteiger partial charge < -0.3 is 5.32 Å². The highest BCUT2D eigenvalue weighted by Crippen LogP contribution is 2.18. The Hall–Kier alpha value is -2.46. The summed E-state index contributed by atoms with van der Waals surface area (Å²) in [6.07, 6.45) is 0.0878. The Bertz CT molecular complexity index is 831. The monoisotopic (exact) mass is 311 g/mol. The Morgan fingerprint density at radius 1 is 1.05 bits per heavy atom. The van der Waals surface area contributed by atoms with E-state index < -0.39 is 0 Å². The lowest BCUT2D eigenvalue weighted by Gasteiger charge is -2.07. The van der Waals surface area contributed by atoms with Crippen LogP contribution in [0.5, 0.6) is 0 Å². The SMILES string of the molecule is Cc1ccc(NC(=O)Cc2nc3ccccc3nc2Cl)cc1. The van der Waals surface area contributed by atoms with Crippen LogP contribution >= 0.6 is 11.6 Å². The lowest BCUT2D eigenvalue weighted by Crippen LogP contribution is -2.15. The highest BCUT2D eigenvalue weighted by atomic mass is 35.5. The Kier molecular flexibility index (Phi) is 4.02. The molecule has 3 aromatic rings. The second-order valence-electron chi connectivity index (χ2n) is 5.04. The fourth-order valence-corrected chi connectivity index (χ4v) is 2.32. The summed E-state index contributed by atoms with van der Waals surface area (Å²) in [5, 5.41) is 3.09. The second kappa shape index (κ2) is 6.12. The molecule has 0 fully saturated rings. The van der Waals surface area contributed by atoms with Crippen molar-refractivity contribution in [2.24, 2.45) is 0 Å². The molecule has 0 atom stereocenters. The van der Waals surface area contributed by atoms with Crippen molar-refractivity contribution >= 4 is 34.2 Å².